The van der Waals surface area contributed by atoms with Crippen LogP contribution in [-0.2, 0) is 12.6 Å². The molecule has 0 bridgehead atoms. The van der Waals surface area contributed by atoms with Crippen molar-refractivity contribution in [3.63, 3.8) is 0 Å². The molecule has 158 valence electrons. The van der Waals surface area contributed by atoms with E-state index in [1.54, 1.807) is 7.11 Å². The highest BCUT2D eigenvalue weighted by Crippen LogP contribution is 2.41. The van der Waals surface area contributed by atoms with Crippen LogP contribution < -0.4 is 10.1 Å². The van der Waals surface area contributed by atoms with E-state index < -0.39 is 11.7 Å². The number of nitrogens with one attached hydrogen (secondary N) is 1. The minimum Gasteiger partial charge on any atom is -0.496 e. The Morgan fingerprint density at radius 1 is 1.17 bits per heavy atom. The van der Waals surface area contributed by atoms with Crippen LogP contribution in [0.4, 0.5) is 19.0 Å². The van der Waals surface area contributed by atoms with Crippen molar-refractivity contribution in [2.75, 3.05) is 19.0 Å². The van der Waals surface area contributed by atoms with Gasteiger partial charge in [0.25, 0.3) is 0 Å². The van der Waals surface area contributed by atoms with E-state index in [1.165, 1.54) is 10.7 Å². The summed E-state index contributed by atoms with van der Waals surface area (Å²) in [5, 5.41) is 8.22. The molecular weight excluding hydrogens is 483 g/mol. The second-order valence-corrected chi connectivity index (χ2v) is 8.30. The number of nitrogens with zero attached hydrogens (tertiary/aromatic N) is 2. The Hall–Kier alpha value is -2.19. The molecule has 0 unspecified atom stereocenters. The van der Waals surface area contributed by atoms with Gasteiger partial charge in [0.2, 0.25) is 0 Å². The third-order valence-corrected chi connectivity index (χ3v) is 5.86. The third-order valence-electron chi connectivity index (χ3n) is 5.05. The maximum absolute atomic E-state index is 13.3. The molecule has 0 atom stereocenters. The van der Waals surface area contributed by atoms with Crippen molar-refractivity contribution in [3.05, 3.63) is 57.0 Å². The summed E-state index contributed by atoms with van der Waals surface area (Å²) in [5.41, 5.74) is 1.75. The summed E-state index contributed by atoms with van der Waals surface area (Å²) in [7, 11) is 1.57. The molecule has 1 N–H and O–H groups in total. The summed E-state index contributed by atoms with van der Waals surface area (Å²) < 4.78 is 47.8. The first-order valence-electron chi connectivity index (χ1n) is 9.36. The van der Waals surface area contributed by atoms with E-state index >= 15 is 0 Å². The molecule has 0 saturated heterocycles. The van der Waals surface area contributed by atoms with Crippen LogP contribution in [0.2, 0.25) is 5.02 Å². The fraction of sp³-hybridized carbons (Fsp3) is 0.286. The lowest BCUT2D eigenvalue weighted by molar-refractivity contribution is -0.137. The highest BCUT2D eigenvalue weighted by molar-refractivity contribution is 9.10. The van der Waals surface area contributed by atoms with Crippen LogP contribution >= 0.6 is 27.5 Å². The number of hydrogen-bond acceptors (Lipinski definition) is 3. The molecule has 3 aromatic rings. The predicted molar refractivity (Wildman–Crippen MR) is 115 cm³/mol. The zero-order chi connectivity index (χ0) is 21.5. The maximum atomic E-state index is 13.3. The summed E-state index contributed by atoms with van der Waals surface area (Å²) in [5.74, 6) is 1.29. The number of benzene rings is 2. The van der Waals surface area contributed by atoms with Crippen molar-refractivity contribution in [2.45, 2.75) is 25.4 Å². The number of aromatic nitrogens is 2. The topological polar surface area (TPSA) is 39.1 Å². The average molecular weight is 501 g/mol. The van der Waals surface area contributed by atoms with E-state index in [2.05, 4.69) is 21.2 Å². The van der Waals surface area contributed by atoms with Gasteiger partial charge in [-0.1, -0.05) is 27.5 Å². The lowest BCUT2D eigenvalue weighted by Gasteiger charge is -2.13. The first kappa shape index (κ1) is 21.1. The molecular formula is C21H18BrClF3N3O. The monoisotopic (exact) mass is 499 g/mol. The van der Waals surface area contributed by atoms with Crippen LogP contribution in [0.3, 0.4) is 0 Å². The molecule has 1 aromatic heterocycles. The summed E-state index contributed by atoms with van der Waals surface area (Å²) in [6.07, 6.45) is -1.86. The van der Waals surface area contributed by atoms with Crippen LogP contribution in [0.15, 0.2) is 40.9 Å². The zero-order valence-corrected chi connectivity index (χ0v) is 18.3. The number of anilines is 1. The largest absolute Gasteiger partial charge is 0.496 e. The molecule has 0 radical (unpaired) electrons. The Bertz CT molecular complexity index is 1100. The van der Waals surface area contributed by atoms with Gasteiger partial charge in [0.1, 0.15) is 17.3 Å². The second-order valence-electron chi connectivity index (χ2n) is 6.98. The number of alkyl halides is 3. The number of hydrogen-bond donors (Lipinski definition) is 1. The van der Waals surface area contributed by atoms with Gasteiger partial charge < -0.3 is 10.1 Å². The van der Waals surface area contributed by atoms with E-state index in [1.807, 2.05) is 18.2 Å². The van der Waals surface area contributed by atoms with Gasteiger partial charge in [-0.2, -0.15) is 18.3 Å². The van der Waals surface area contributed by atoms with Gasteiger partial charge in [0, 0.05) is 22.1 Å². The molecule has 2 aromatic carbocycles. The quantitative estimate of drug-likeness (QED) is 0.433. The van der Waals surface area contributed by atoms with Gasteiger partial charge in [-0.15, -0.1) is 0 Å². The molecule has 9 heteroatoms. The standard InChI is InChI=1S/C21H18BrClF3N3O/c1-30-18-8-6-13(22)11-15(18)19-14-4-2-3-9-27-20(14)29(28-19)17-10-12(21(24,25)26)5-7-16(17)23/h5-8,10-11,27H,2-4,9H2,1H3. The Morgan fingerprint density at radius 3 is 2.70 bits per heavy atom. The molecule has 0 saturated carbocycles. The minimum atomic E-state index is -4.48. The fourth-order valence-electron chi connectivity index (χ4n) is 3.61. The van der Waals surface area contributed by atoms with Crippen molar-refractivity contribution < 1.29 is 17.9 Å². The summed E-state index contributed by atoms with van der Waals surface area (Å²) >= 11 is 9.79. The summed E-state index contributed by atoms with van der Waals surface area (Å²) in [6.45, 7) is 0.699. The van der Waals surface area contributed by atoms with Crippen molar-refractivity contribution in [2.24, 2.45) is 0 Å². The number of rotatable bonds is 3. The lowest BCUT2D eigenvalue weighted by Crippen LogP contribution is -2.10. The molecule has 0 amide bonds. The molecule has 4 nitrogen and oxygen atoms in total. The van der Waals surface area contributed by atoms with E-state index in [9.17, 15) is 13.2 Å². The SMILES string of the molecule is COc1ccc(Br)cc1-c1nn(-c2cc(C(F)(F)F)ccc2Cl)c2c1CCCCN2. The highest BCUT2D eigenvalue weighted by atomic mass is 79.9. The van der Waals surface area contributed by atoms with Crippen molar-refractivity contribution >= 4 is 33.3 Å². The summed E-state index contributed by atoms with van der Waals surface area (Å²) in [6, 6.07) is 8.84. The second kappa shape index (κ2) is 8.15. The van der Waals surface area contributed by atoms with E-state index in [0.717, 1.165) is 47.0 Å². The molecule has 1 aliphatic rings. The molecule has 4 rings (SSSR count). The number of halogens is 5. The minimum absolute atomic E-state index is 0.178. The third kappa shape index (κ3) is 3.90. The van der Waals surface area contributed by atoms with Gasteiger partial charge in [-0.3, -0.25) is 0 Å². The van der Waals surface area contributed by atoms with Gasteiger partial charge in [0.15, 0.2) is 0 Å². The average Bonchev–Trinajstić information content (AvgIpc) is 2.88. The lowest BCUT2D eigenvalue weighted by atomic mass is 10.0. The molecule has 0 spiro atoms. The Morgan fingerprint density at radius 2 is 1.97 bits per heavy atom. The first-order valence-corrected chi connectivity index (χ1v) is 10.5. The predicted octanol–water partition coefficient (Wildman–Crippen LogP) is 6.73. The fourth-order valence-corrected chi connectivity index (χ4v) is 4.17. The molecule has 0 aliphatic carbocycles. The zero-order valence-electron chi connectivity index (χ0n) is 16.0. The van der Waals surface area contributed by atoms with Crippen LogP contribution in [-0.4, -0.2) is 23.4 Å². The molecule has 30 heavy (non-hydrogen) atoms. The van der Waals surface area contributed by atoms with Crippen molar-refractivity contribution in [1.29, 1.82) is 0 Å². The smallest absolute Gasteiger partial charge is 0.416 e. The van der Waals surface area contributed by atoms with E-state index in [-0.39, 0.29) is 10.7 Å². The van der Waals surface area contributed by atoms with Gasteiger partial charge in [0.05, 0.1) is 23.4 Å². The van der Waals surface area contributed by atoms with Crippen LogP contribution in [0.5, 0.6) is 5.75 Å². The van der Waals surface area contributed by atoms with Crippen LogP contribution in [0.1, 0.15) is 24.0 Å². The van der Waals surface area contributed by atoms with E-state index in [4.69, 9.17) is 21.4 Å². The normalized spacial score (nSPS) is 14.1. The Balaban J connectivity index is 1.97. The van der Waals surface area contributed by atoms with E-state index in [0.29, 0.717) is 23.8 Å². The van der Waals surface area contributed by atoms with Gasteiger partial charge in [-0.25, -0.2) is 4.68 Å². The van der Waals surface area contributed by atoms with Gasteiger partial charge in [-0.05, 0) is 55.7 Å². The molecule has 1 aliphatic heterocycles. The van der Waals surface area contributed by atoms with Crippen molar-refractivity contribution in [1.82, 2.24) is 9.78 Å². The van der Waals surface area contributed by atoms with Gasteiger partial charge >= 0.3 is 6.18 Å². The Kier molecular flexibility index (Phi) is 5.72. The van der Waals surface area contributed by atoms with Crippen LogP contribution in [0, 0.1) is 0 Å². The molecule has 2 heterocycles. The number of fused-ring (bicyclic) bond motifs is 1. The number of ether oxygens (including phenoxy) is 1. The first-order chi connectivity index (χ1) is 14.3. The highest BCUT2D eigenvalue weighted by Gasteiger charge is 2.32. The Labute approximate surface area is 185 Å². The van der Waals surface area contributed by atoms with Crippen molar-refractivity contribution in [3.8, 4) is 22.7 Å². The maximum Gasteiger partial charge on any atom is 0.416 e. The summed E-state index contributed by atoms with van der Waals surface area (Å²) in [4.78, 5) is 0. The molecule has 0 fully saturated rings. The van der Waals surface area contributed by atoms with Crippen LogP contribution in [0.25, 0.3) is 16.9 Å². The number of methoxy groups -OCH3 is 1.